The van der Waals surface area contributed by atoms with Crippen molar-refractivity contribution in [2.45, 2.75) is 6.42 Å². The first-order valence-corrected chi connectivity index (χ1v) is 5.01. The van der Waals surface area contributed by atoms with Gasteiger partial charge in [-0.05, 0) is 18.7 Å². The van der Waals surface area contributed by atoms with Gasteiger partial charge in [0.25, 0.3) is 5.56 Å². The van der Waals surface area contributed by atoms with Crippen LogP contribution in [0.1, 0.15) is 5.69 Å². The van der Waals surface area contributed by atoms with Crippen molar-refractivity contribution in [1.29, 1.82) is 0 Å². The van der Waals surface area contributed by atoms with Crippen molar-refractivity contribution in [3.8, 4) is 5.75 Å². The highest BCUT2D eigenvalue weighted by Crippen LogP contribution is 2.09. The van der Waals surface area contributed by atoms with Crippen LogP contribution in [0.2, 0.25) is 0 Å². The largest absolute Gasteiger partial charge is 0.495 e. The minimum atomic E-state index is -0.118. The number of pyridine rings is 1. The molecule has 0 radical (unpaired) electrons. The molecule has 16 heavy (non-hydrogen) atoms. The molecule has 5 heteroatoms. The molecule has 0 aliphatic carbocycles. The van der Waals surface area contributed by atoms with Crippen molar-refractivity contribution in [1.82, 2.24) is 9.38 Å². The Bertz CT molecular complexity index is 563. The topological polar surface area (TPSA) is 69.6 Å². The van der Waals surface area contributed by atoms with Crippen LogP contribution in [0, 0.1) is 0 Å². The molecule has 0 aliphatic rings. The highest BCUT2D eigenvalue weighted by molar-refractivity contribution is 5.41. The Morgan fingerprint density at radius 3 is 3.00 bits per heavy atom. The van der Waals surface area contributed by atoms with E-state index in [1.807, 2.05) is 0 Å². The lowest BCUT2D eigenvalue weighted by Gasteiger charge is -2.05. The first kappa shape index (κ1) is 10.6. The van der Waals surface area contributed by atoms with Gasteiger partial charge in [0.15, 0.2) is 0 Å². The van der Waals surface area contributed by atoms with Crippen LogP contribution < -0.4 is 16.0 Å². The van der Waals surface area contributed by atoms with E-state index in [1.165, 1.54) is 10.5 Å². The average molecular weight is 219 g/mol. The number of hydrogen-bond acceptors (Lipinski definition) is 4. The molecule has 0 amide bonds. The molecule has 84 valence electrons. The summed E-state index contributed by atoms with van der Waals surface area (Å²) >= 11 is 0. The summed E-state index contributed by atoms with van der Waals surface area (Å²) in [4.78, 5) is 16.1. The summed E-state index contributed by atoms with van der Waals surface area (Å²) in [5, 5.41) is 0. The summed E-state index contributed by atoms with van der Waals surface area (Å²) in [5.41, 5.74) is 6.64. The number of fused-ring (bicyclic) bond motifs is 1. The van der Waals surface area contributed by atoms with E-state index in [2.05, 4.69) is 4.98 Å². The third-order valence-electron chi connectivity index (χ3n) is 2.32. The van der Waals surface area contributed by atoms with Crippen LogP contribution in [0.5, 0.6) is 5.75 Å². The van der Waals surface area contributed by atoms with Gasteiger partial charge in [0.1, 0.15) is 11.4 Å². The van der Waals surface area contributed by atoms with Crippen molar-refractivity contribution in [3.05, 3.63) is 40.4 Å². The third kappa shape index (κ3) is 1.90. The van der Waals surface area contributed by atoms with Crippen LogP contribution >= 0.6 is 0 Å². The lowest BCUT2D eigenvalue weighted by Crippen LogP contribution is -2.17. The molecule has 5 nitrogen and oxygen atoms in total. The predicted octanol–water partition coefficient (Wildman–Crippen LogP) is 0.204. The molecular formula is C11H13N3O2. The average Bonchev–Trinajstić information content (AvgIpc) is 2.29. The first-order chi connectivity index (χ1) is 7.74. The maximum Gasteiger partial charge on any atom is 0.258 e. The molecule has 0 aromatic carbocycles. The quantitative estimate of drug-likeness (QED) is 0.800. The number of hydrogen-bond donors (Lipinski definition) is 1. The van der Waals surface area contributed by atoms with Crippen molar-refractivity contribution in [3.63, 3.8) is 0 Å². The molecule has 0 bridgehead atoms. The maximum absolute atomic E-state index is 11.8. The second kappa shape index (κ2) is 4.32. The molecule has 2 N–H and O–H groups in total. The Kier molecular flexibility index (Phi) is 2.87. The fourth-order valence-electron chi connectivity index (χ4n) is 1.53. The third-order valence-corrected chi connectivity index (χ3v) is 2.32. The van der Waals surface area contributed by atoms with E-state index in [-0.39, 0.29) is 5.56 Å². The zero-order valence-electron chi connectivity index (χ0n) is 9.01. The SMILES string of the molecule is COc1ccc2nc(CCN)cc(=O)n2c1. The van der Waals surface area contributed by atoms with Gasteiger partial charge in [0.2, 0.25) is 0 Å². The summed E-state index contributed by atoms with van der Waals surface area (Å²) in [5.74, 6) is 0.628. The highest BCUT2D eigenvalue weighted by Gasteiger charge is 2.02. The van der Waals surface area contributed by atoms with Gasteiger partial charge in [-0.25, -0.2) is 4.98 Å². The summed E-state index contributed by atoms with van der Waals surface area (Å²) in [6, 6.07) is 5.02. The van der Waals surface area contributed by atoms with Crippen LogP contribution in [0.3, 0.4) is 0 Å². The molecule has 2 rings (SSSR count). The van der Waals surface area contributed by atoms with Crippen molar-refractivity contribution in [2.24, 2.45) is 5.73 Å². The Balaban J connectivity index is 2.62. The van der Waals surface area contributed by atoms with Gasteiger partial charge in [-0.15, -0.1) is 0 Å². The van der Waals surface area contributed by atoms with Gasteiger partial charge >= 0.3 is 0 Å². The number of ether oxygens (including phenoxy) is 1. The van der Waals surface area contributed by atoms with Crippen LogP contribution in [-0.4, -0.2) is 23.0 Å². The second-order valence-electron chi connectivity index (χ2n) is 3.42. The first-order valence-electron chi connectivity index (χ1n) is 5.01. The molecule has 0 atom stereocenters. The molecule has 0 saturated carbocycles. The smallest absolute Gasteiger partial charge is 0.258 e. The molecule has 0 spiro atoms. The predicted molar refractivity (Wildman–Crippen MR) is 60.8 cm³/mol. The summed E-state index contributed by atoms with van der Waals surface area (Å²) in [6.45, 7) is 0.485. The van der Waals surface area contributed by atoms with Gasteiger partial charge in [-0.3, -0.25) is 9.20 Å². The van der Waals surface area contributed by atoms with E-state index in [4.69, 9.17) is 10.5 Å². The molecule has 0 unspecified atom stereocenters. The van der Waals surface area contributed by atoms with E-state index in [1.54, 1.807) is 25.4 Å². The van der Waals surface area contributed by atoms with Crippen LogP contribution in [-0.2, 0) is 6.42 Å². The second-order valence-corrected chi connectivity index (χ2v) is 3.42. The number of nitrogens with zero attached hydrogens (tertiary/aromatic N) is 2. The van der Waals surface area contributed by atoms with Gasteiger partial charge in [-0.2, -0.15) is 0 Å². The normalized spacial score (nSPS) is 10.6. The highest BCUT2D eigenvalue weighted by atomic mass is 16.5. The van der Waals surface area contributed by atoms with Crippen LogP contribution in [0.25, 0.3) is 5.65 Å². The molecule has 0 aliphatic heterocycles. The Morgan fingerprint density at radius 2 is 2.31 bits per heavy atom. The number of methoxy groups -OCH3 is 1. The Morgan fingerprint density at radius 1 is 1.50 bits per heavy atom. The van der Waals surface area contributed by atoms with E-state index in [9.17, 15) is 4.79 Å². The lowest BCUT2D eigenvalue weighted by molar-refractivity contribution is 0.412. The van der Waals surface area contributed by atoms with Gasteiger partial charge in [0.05, 0.1) is 13.3 Å². The summed E-state index contributed by atoms with van der Waals surface area (Å²) < 4.78 is 6.50. The van der Waals surface area contributed by atoms with E-state index < -0.39 is 0 Å². The van der Waals surface area contributed by atoms with Crippen LogP contribution in [0.15, 0.2) is 29.2 Å². The van der Waals surface area contributed by atoms with E-state index in [0.717, 1.165) is 5.69 Å². The molecule has 2 heterocycles. The summed E-state index contributed by atoms with van der Waals surface area (Å²) in [6.07, 6.45) is 2.23. The Hall–Kier alpha value is -1.88. The molecule has 2 aromatic rings. The standard InChI is InChI=1S/C11H13N3O2/c1-16-9-2-3-10-13-8(4-5-12)6-11(15)14(10)7-9/h2-3,6-7H,4-5,12H2,1H3. The van der Waals surface area contributed by atoms with Crippen LogP contribution in [0.4, 0.5) is 0 Å². The van der Waals surface area contributed by atoms with Crippen molar-refractivity contribution >= 4 is 5.65 Å². The zero-order chi connectivity index (χ0) is 11.5. The van der Waals surface area contributed by atoms with Gasteiger partial charge < -0.3 is 10.5 Å². The minimum Gasteiger partial charge on any atom is -0.495 e. The number of nitrogens with two attached hydrogens (primary N) is 1. The molecule has 0 saturated heterocycles. The zero-order valence-corrected chi connectivity index (χ0v) is 9.01. The molecule has 0 fully saturated rings. The van der Waals surface area contributed by atoms with Crippen molar-refractivity contribution < 1.29 is 4.74 Å². The molecule has 2 aromatic heterocycles. The maximum atomic E-state index is 11.8. The van der Waals surface area contributed by atoms with Crippen molar-refractivity contribution in [2.75, 3.05) is 13.7 Å². The fourth-order valence-corrected chi connectivity index (χ4v) is 1.53. The number of rotatable bonds is 3. The van der Waals surface area contributed by atoms with Gasteiger partial charge in [0, 0.05) is 18.2 Å². The summed E-state index contributed by atoms with van der Waals surface area (Å²) in [7, 11) is 1.56. The monoisotopic (exact) mass is 219 g/mol. The van der Waals surface area contributed by atoms with Gasteiger partial charge in [-0.1, -0.05) is 0 Å². The van der Waals surface area contributed by atoms with E-state index >= 15 is 0 Å². The van der Waals surface area contributed by atoms with E-state index in [0.29, 0.717) is 24.4 Å². The molecular weight excluding hydrogens is 206 g/mol. The number of aromatic nitrogens is 2. The Labute approximate surface area is 92.5 Å². The lowest BCUT2D eigenvalue weighted by atomic mass is 10.3. The fraction of sp³-hybridized carbons (Fsp3) is 0.273. The minimum absolute atomic E-state index is 0.118.